The fourth-order valence-corrected chi connectivity index (χ4v) is 0.270. The predicted octanol–water partition coefficient (Wildman–Crippen LogP) is 0.685. The summed E-state index contributed by atoms with van der Waals surface area (Å²) in [5, 5.41) is 1.86. The number of alkyl halides is 3. The molecular weight excluding hydrogens is 135 g/mol. The minimum absolute atomic E-state index is 1.01. The summed E-state index contributed by atoms with van der Waals surface area (Å²) in [6, 6.07) is 0. The zero-order valence-electron chi connectivity index (χ0n) is 4.75. The van der Waals surface area contributed by atoms with Crippen molar-refractivity contribution in [3.63, 3.8) is 0 Å². The first-order chi connectivity index (χ1) is 3.95. The van der Waals surface area contributed by atoms with Gasteiger partial charge in [-0.15, -0.1) is 0 Å². The Hall–Kier alpha value is -0.740. The first kappa shape index (κ1) is 8.26. The van der Waals surface area contributed by atoms with Crippen LogP contribution in [0, 0.1) is 0 Å². The maximum Gasteiger partial charge on any atom is 0.397 e. The molecule has 0 aromatic carbocycles. The molecule has 0 aromatic rings. The third-order valence-corrected chi connectivity index (χ3v) is 0.640. The second-order valence-electron chi connectivity index (χ2n) is 1.47. The molecule has 0 spiro atoms. The summed E-state index contributed by atoms with van der Waals surface area (Å²) in [7, 11) is 1.16. The monoisotopic (exact) mass is 141 g/mol. The second-order valence-corrected chi connectivity index (χ2v) is 1.47. The predicted molar refractivity (Wildman–Crippen MR) is 24.7 cm³/mol. The number of carbonyl (C=O) groups excluding carboxylic acids is 1. The number of hydrogen-bond donors (Lipinski definition) is 1. The highest BCUT2D eigenvalue weighted by molar-refractivity contribution is 5.76. The zero-order chi connectivity index (χ0) is 7.49. The molecule has 5 heteroatoms. The molecule has 0 atom stereocenters. The van der Waals surface area contributed by atoms with Crippen molar-refractivity contribution in [2.75, 3.05) is 7.05 Å². The molecule has 0 rings (SSSR count). The van der Waals surface area contributed by atoms with Gasteiger partial charge in [0, 0.05) is 7.05 Å². The van der Waals surface area contributed by atoms with Gasteiger partial charge in [-0.1, -0.05) is 0 Å². The van der Waals surface area contributed by atoms with E-state index in [1.54, 1.807) is 0 Å². The lowest BCUT2D eigenvalue weighted by Crippen LogP contribution is -2.24. The first-order valence-electron chi connectivity index (χ1n) is 2.23. The van der Waals surface area contributed by atoms with E-state index in [1.165, 1.54) is 0 Å². The fraction of sp³-hybridized carbons (Fsp3) is 0.750. The summed E-state index contributed by atoms with van der Waals surface area (Å²) in [6.45, 7) is 0. The van der Waals surface area contributed by atoms with Crippen LogP contribution in [0.3, 0.4) is 0 Å². The molecule has 0 unspecified atom stereocenters. The van der Waals surface area contributed by atoms with Crippen molar-refractivity contribution in [3.05, 3.63) is 0 Å². The van der Waals surface area contributed by atoms with E-state index < -0.39 is 18.5 Å². The number of rotatable bonds is 1. The minimum atomic E-state index is -4.39. The molecule has 0 heterocycles. The highest BCUT2D eigenvalue weighted by atomic mass is 19.4. The average Bonchev–Trinajstić information content (AvgIpc) is 1.62. The van der Waals surface area contributed by atoms with Gasteiger partial charge < -0.3 is 5.32 Å². The Morgan fingerprint density at radius 2 is 2.00 bits per heavy atom. The Morgan fingerprint density at radius 1 is 1.56 bits per heavy atom. The van der Waals surface area contributed by atoms with Crippen LogP contribution >= 0.6 is 0 Å². The first-order valence-corrected chi connectivity index (χ1v) is 2.23. The van der Waals surface area contributed by atoms with Gasteiger partial charge in [-0.2, -0.15) is 13.2 Å². The number of hydrogen-bond acceptors (Lipinski definition) is 1. The molecule has 0 aliphatic heterocycles. The Labute approximate surface area is 50.0 Å². The fourth-order valence-electron chi connectivity index (χ4n) is 0.270. The molecule has 1 amide bonds. The maximum absolute atomic E-state index is 11.2. The van der Waals surface area contributed by atoms with Gasteiger partial charge in [0.05, 0.1) is 0 Å². The van der Waals surface area contributed by atoms with Crippen LogP contribution in [0.1, 0.15) is 6.42 Å². The minimum Gasteiger partial charge on any atom is -0.359 e. The molecule has 9 heavy (non-hydrogen) atoms. The molecule has 0 radical (unpaired) electrons. The molecule has 54 valence electrons. The van der Waals surface area contributed by atoms with Crippen LogP contribution in [0.4, 0.5) is 13.2 Å². The lowest BCUT2D eigenvalue weighted by atomic mass is 10.4. The highest BCUT2D eigenvalue weighted by Crippen LogP contribution is 2.18. The Bertz CT molecular complexity index is 109. The molecule has 0 aromatic heterocycles. The Morgan fingerprint density at radius 3 is 2.11 bits per heavy atom. The van der Waals surface area contributed by atoms with E-state index in [4.69, 9.17) is 0 Å². The smallest absolute Gasteiger partial charge is 0.359 e. The van der Waals surface area contributed by atoms with E-state index >= 15 is 0 Å². The molecule has 0 saturated heterocycles. The van der Waals surface area contributed by atoms with Crippen LogP contribution in [0.15, 0.2) is 0 Å². The van der Waals surface area contributed by atoms with Crippen LogP contribution in [-0.4, -0.2) is 19.1 Å². The number of carbonyl (C=O) groups is 1. The molecular formula is C4H6F3NO. The molecule has 0 aliphatic rings. The molecule has 0 aliphatic carbocycles. The van der Waals surface area contributed by atoms with Gasteiger partial charge in [-0.3, -0.25) is 4.79 Å². The van der Waals surface area contributed by atoms with E-state index in [0.29, 0.717) is 0 Å². The molecule has 0 bridgehead atoms. The Balaban J connectivity index is 3.60. The van der Waals surface area contributed by atoms with Crippen LogP contribution in [0.25, 0.3) is 0 Å². The van der Waals surface area contributed by atoms with Gasteiger partial charge in [0.2, 0.25) is 5.91 Å². The van der Waals surface area contributed by atoms with E-state index in [-0.39, 0.29) is 0 Å². The van der Waals surface area contributed by atoms with E-state index in [2.05, 4.69) is 0 Å². The van der Waals surface area contributed by atoms with Crippen molar-refractivity contribution in [3.8, 4) is 0 Å². The van der Waals surface area contributed by atoms with Crippen molar-refractivity contribution in [1.29, 1.82) is 0 Å². The van der Waals surface area contributed by atoms with E-state index in [1.807, 2.05) is 5.32 Å². The number of halogens is 3. The Kier molecular flexibility index (Phi) is 2.48. The van der Waals surface area contributed by atoms with Gasteiger partial charge in [0.1, 0.15) is 6.42 Å². The van der Waals surface area contributed by atoms with Gasteiger partial charge in [0.15, 0.2) is 0 Å². The summed E-state index contributed by atoms with van der Waals surface area (Å²) >= 11 is 0. The summed E-state index contributed by atoms with van der Waals surface area (Å²) in [5.74, 6) is -1.01. The summed E-state index contributed by atoms with van der Waals surface area (Å²) in [4.78, 5) is 10.00. The maximum atomic E-state index is 11.2. The third-order valence-electron chi connectivity index (χ3n) is 0.640. The van der Waals surface area contributed by atoms with E-state index in [9.17, 15) is 18.0 Å². The lowest BCUT2D eigenvalue weighted by Gasteiger charge is -2.02. The summed E-state index contributed by atoms with van der Waals surface area (Å²) in [6.07, 6.45) is -5.79. The van der Waals surface area contributed by atoms with Crippen LogP contribution < -0.4 is 5.32 Å². The zero-order valence-corrected chi connectivity index (χ0v) is 4.75. The van der Waals surface area contributed by atoms with Gasteiger partial charge >= 0.3 is 6.18 Å². The largest absolute Gasteiger partial charge is 0.397 e. The van der Waals surface area contributed by atoms with Crippen molar-refractivity contribution in [2.24, 2.45) is 0 Å². The standard InChI is InChI=1S/C4H6F3NO/c1-8-3(9)2-4(5,6)7/h2H2,1H3,(H,8,9). The molecule has 0 saturated carbocycles. The quantitative estimate of drug-likeness (QED) is 0.571. The van der Waals surface area contributed by atoms with Crippen LogP contribution in [-0.2, 0) is 4.79 Å². The van der Waals surface area contributed by atoms with Crippen LogP contribution in [0.5, 0.6) is 0 Å². The summed E-state index contributed by atoms with van der Waals surface area (Å²) < 4.78 is 33.7. The van der Waals surface area contributed by atoms with E-state index in [0.717, 1.165) is 7.05 Å². The van der Waals surface area contributed by atoms with Gasteiger partial charge in [0.25, 0.3) is 0 Å². The third kappa shape index (κ3) is 5.13. The summed E-state index contributed by atoms with van der Waals surface area (Å²) in [5.41, 5.74) is 0. The normalized spacial score (nSPS) is 11.1. The average molecular weight is 141 g/mol. The SMILES string of the molecule is CNC(=O)CC(F)(F)F. The van der Waals surface area contributed by atoms with Crippen molar-refractivity contribution < 1.29 is 18.0 Å². The van der Waals surface area contributed by atoms with Crippen LogP contribution in [0.2, 0.25) is 0 Å². The van der Waals surface area contributed by atoms with Crippen molar-refractivity contribution >= 4 is 5.91 Å². The van der Waals surface area contributed by atoms with Crippen molar-refractivity contribution in [2.45, 2.75) is 12.6 Å². The van der Waals surface area contributed by atoms with Gasteiger partial charge in [-0.05, 0) is 0 Å². The number of nitrogens with one attached hydrogen (secondary N) is 1. The molecule has 2 nitrogen and oxygen atoms in total. The molecule has 0 fully saturated rings. The van der Waals surface area contributed by atoms with Crippen molar-refractivity contribution in [1.82, 2.24) is 5.32 Å². The lowest BCUT2D eigenvalue weighted by molar-refractivity contribution is -0.153. The number of amides is 1. The topological polar surface area (TPSA) is 29.1 Å². The highest BCUT2D eigenvalue weighted by Gasteiger charge is 2.30. The molecule has 1 N–H and O–H groups in total. The van der Waals surface area contributed by atoms with Gasteiger partial charge in [-0.25, -0.2) is 0 Å². The second kappa shape index (κ2) is 2.70.